The average Bonchev–Trinajstić information content (AvgIpc) is 2.55. The van der Waals surface area contributed by atoms with Crippen LogP contribution in [0.25, 0.3) is 0 Å². The Morgan fingerprint density at radius 2 is 1.92 bits per heavy atom. The van der Waals surface area contributed by atoms with E-state index < -0.39 is 0 Å². The Morgan fingerprint density at radius 1 is 1.17 bits per heavy atom. The molecule has 2 aromatic rings. The van der Waals surface area contributed by atoms with E-state index >= 15 is 0 Å². The summed E-state index contributed by atoms with van der Waals surface area (Å²) in [6.45, 7) is 4.83. The van der Waals surface area contributed by atoms with Gasteiger partial charge in [0, 0.05) is 5.56 Å². The van der Waals surface area contributed by atoms with Crippen molar-refractivity contribution in [3.8, 4) is 11.6 Å². The van der Waals surface area contributed by atoms with E-state index in [1.54, 1.807) is 30.3 Å². The van der Waals surface area contributed by atoms with E-state index in [0.29, 0.717) is 33.9 Å². The Balaban J connectivity index is 2.17. The van der Waals surface area contributed by atoms with Gasteiger partial charge in [0.25, 0.3) is 0 Å². The van der Waals surface area contributed by atoms with E-state index in [4.69, 9.17) is 32.7 Å². The lowest BCUT2D eigenvalue weighted by atomic mass is 10.1. The van der Waals surface area contributed by atoms with E-state index in [2.05, 4.69) is 18.8 Å². The quantitative estimate of drug-likeness (QED) is 0.642. The molecule has 6 heteroatoms. The van der Waals surface area contributed by atoms with Crippen LogP contribution >= 0.6 is 23.2 Å². The Bertz CT molecular complexity index is 732. The van der Waals surface area contributed by atoms with Gasteiger partial charge in [-0.25, -0.2) is 4.98 Å². The minimum absolute atomic E-state index is 0.210. The maximum atomic E-state index is 12.5. The smallest absolute Gasteiger partial charge is 0.232 e. The van der Waals surface area contributed by atoms with Crippen LogP contribution in [0.1, 0.15) is 36.3 Å². The number of ether oxygens (including phenoxy) is 2. The molecular formula is C18H19Cl2NO3. The molecule has 1 heterocycles. The first-order valence-corrected chi connectivity index (χ1v) is 8.35. The molecule has 0 bridgehead atoms. The summed E-state index contributed by atoms with van der Waals surface area (Å²) in [4.78, 5) is 16.6. The van der Waals surface area contributed by atoms with Gasteiger partial charge in [0.05, 0.1) is 18.7 Å². The molecule has 0 aliphatic heterocycles. The van der Waals surface area contributed by atoms with Crippen molar-refractivity contribution < 1.29 is 14.3 Å². The molecule has 0 N–H and O–H groups in total. The third kappa shape index (κ3) is 4.62. The lowest BCUT2D eigenvalue weighted by Crippen LogP contribution is -2.06. The Kier molecular flexibility index (Phi) is 6.46. The fourth-order valence-corrected chi connectivity index (χ4v) is 2.42. The van der Waals surface area contributed by atoms with Crippen molar-refractivity contribution in [3.63, 3.8) is 0 Å². The van der Waals surface area contributed by atoms with Crippen LogP contribution in [0.3, 0.4) is 0 Å². The van der Waals surface area contributed by atoms with Crippen LogP contribution in [0, 0.1) is 5.92 Å². The molecule has 2 rings (SSSR count). The maximum Gasteiger partial charge on any atom is 0.232 e. The highest BCUT2D eigenvalue weighted by Crippen LogP contribution is 2.28. The van der Waals surface area contributed by atoms with Gasteiger partial charge in [-0.2, -0.15) is 0 Å². The number of carbonyl (C=O) groups excluding carboxylic acids is 1. The summed E-state index contributed by atoms with van der Waals surface area (Å²) in [5.41, 5.74) is 0.661. The molecular weight excluding hydrogens is 349 g/mol. The third-order valence-corrected chi connectivity index (χ3v) is 3.97. The number of hydrogen-bond acceptors (Lipinski definition) is 4. The summed E-state index contributed by atoms with van der Waals surface area (Å²) in [5.74, 6) is 1.06. The second-order valence-electron chi connectivity index (χ2n) is 5.69. The van der Waals surface area contributed by atoms with Gasteiger partial charge in [0.1, 0.15) is 16.5 Å². The summed E-state index contributed by atoms with van der Waals surface area (Å²) in [6.07, 6.45) is 0.936. The van der Waals surface area contributed by atoms with Crippen molar-refractivity contribution >= 4 is 29.0 Å². The third-order valence-electron chi connectivity index (χ3n) is 3.39. The number of carbonyl (C=O) groups is 1. The summed E-state index contributed by atoms with van der Waals surface area (Å²) in [6, 6.07) is 8.07. The molecule has 0 radical (unpaired) electrons. The summed E-state index contributed by atoms with van der Waals surface area (Å²) in [5, 5.41) is 0.742. The Hall–Kier alpha value is -1.78. The van der Waals surface area contributed by atoms with Crippen LogP contribution in [0.2, 0.25) is 10.0 Å². The number of ketones is 1. The molecule has 4 nitrogen and oxygen atoms in total. The number of pyridine rings is 1. The van der Waals surface area contributed by atoms with E-state index in [1.165, 1.54) is 7.11 Å². The Labute approximate surface area is 151 Å². The number of benzene rings is 1. The van der Waals surface area contributed by atoms with Gasteiger partial charge in [-0.05, 0) is 42.7 Å². The van der Waals surface area contributed by atoms with Crippen molar-refractivity contribution in [1.82, 2.24) is 4.98 Å². The fraction of sp³-hybridized carbons (Fsp3) is 0.333. The largest absolute Gasteiger partial charge is 0.492 e. The summed E-state index contributed by atoms with van der Waals surface area (Å²) >= 11 is 12.1. The first-order chi connectivity index (χ1) is 11.4. The highest BCUT2D eigenvalue weighted by Gasteiger charge is 2.15. The van der Waals surface area contributed by atoms with Crippen LogP contribution in [-0.2, 0) is 0 Å². The van der Waals surface area contributed by atoms with Crippen LogP contribution < -0.4 is 9.47 Å². The van der Waals surface area contributed by atoms with Gasteiger partial charge in [-0.1, -0.05) is 37.0 Å². The van der Waals surface area contributed by atoms with E-state index in [-0.39, 0.29) is 17.4 Å². The first kappa shape index (κ1) is 18.6. The van der Waals surface area contributed by atoms with Gasteiger partial charge >= 0.3 is 0 Å². The number of halogens is 2. The second kappa shape index (κ2) is 8.36. The Morgan fingerprint density at radius 3 is 2.54 bits per heavy atom. The standard InChI is InChI=1S/C18H19Cl2NO3/c1-11(2)8-9-24-16-7-4-12(10-14(16)20)17(22)15-6-5-13(19)18(21-15)23-3/h4-7,10-11H,8-9H2,1-3H3. The number of nitrogens with zero attached hydrogens (tertiary/aromatic N) is 1. The van der Waals surface area contributed by atoms with Crippen LogP contribution in [0.4, 0.5) is 0 Å². The number of aromatic nitrogens is 1. The van der Waals surface area contributed by atoms with Gasteiger partial charge in [-0.15, -0.1) is 0 Å². The summed E-state index contributed by atoms with van der Waals surface area (Å²) < 4.78 is 10.7. The molecule has 24 heavy (non-hydrogen) atoms. The van der Waals surface area contributed by atoms with E-state index in [1.807, 2.05) is 0 Å². The molecule has 0 saturated heterocycles. The van der Waals surface area contributed by atoms with Crippen LogP contribution in [-0.4, -0.2) is 24.5 Å². The minimum Gasteiger partial charge on any atom is -0.492 e. The van der Waals surface area contributed by atoms with Crippen molar-refractivity contribution in [2.75, 3.05) is 13.7 Å². The molecule has 0 aliphatic carbocycles. The molecule has 0 atom stereocenters. The van der Waals surface area contributed by atoms with Crippen LogP contribution in [0.15, 0.2) is 30.3 Å². The van der Waals surface area contributed by atoms with E-state index in [0.717, 1.165) is 6.42 Å². The molecule has 0 fully saturated rings. The molecule has 1 aromatic carbocycles. The van der Waals surface area contributed by atoms with Crippen LogP contribution in [0.5, 0.6) is 11.6 Å². The number of rotatable bonds is 7. The fourth-order valence-electron chi connectivity index (χ4n) is 2.00. The predicted octanol–water partition coefficient (Wildman–Crippen LogP) is 5.05. The van der Waals surface area contributed by atoms with Gasteiger partial charge in [0.15, 0.2) is 0 Å². The molecule has 0 spiro atoms. The highest BCUT2D eigenvalue weighted by atomic mass is 35.5. The van der Waals surface area contributed by atoms with Crippen molar-refractivity contribution in [2.45, 2.75) is 20.3 Å². The van der Waals surface area contributed by atoms with Gasteiger partial charge in [-0.3, -0.25) is 4.79 Å². The highest BCUT2D eigenvalue weighted by molar-refractivity contribution is 6.33. The van der Waals surface area contributed by atoms with Gasteiger partial charge < -0.3 is 9.47 Å². The monoisotopic (exact) mass is 367 g/mol. The lowest BCUT2D eigenvalue weighted by molar-refractivity contribution is 0.103. The van der Waals surface area contributed by atoms with Crippen molar-refractivity contribution in [3.05, 3.63) is 51.6 Å². The zero-order valence-electron chi connectivity index (χ0n) is 13.8. The first-order valence-electron chi connectivity index (χ1n) is 7.60. The molecule has 1 aromatic heterocycles. The normalized spacial score (nSPS) is 10.8. The topological polar surface area (TPSA) is 48.4 Å². The van der Waals surface area contributed by atoms with Crippen molar-refractivity contribution in [2.24, 2.45) is 5.92 Å². The van der Waals surface area contributed by atoms with Gasteiger partial charge in [0.2, 0.25) is 11.7 Å². The maximum absolute atomic E-state index is 12.5. The average molecular weight is 368 g/mol. The number of methoxy groups -OCH3 is 1. The zero-order chi connectivity index (χ0) is 17.7. The second-order valence-corrected chi connectivity index (χ2v) is 6.51. The number of hydrogen-bond donors (Lipinski definition) is 0. The lowest BCUT2D eigenvalue weighted by Gasteiger charge is -2.11. The van der Waals surface area contributed by atoms with E-state index in [9.17, 15) is 4.79 Å². The SMILES string of the molecule is COc1nc(C(=O)c2ccc(OCCC(C)C)c(Cl)c2)ccc1Cl. The van der Waals surface area contributed by atoms with Crippen molar-refractivity contribution in [1.29, 1.82) is 0 Å². The molecule has 128 valence electrons. The zero-order valence-corrected chi connectivity index (χ0v) is 15.3. The molecule has 0 saturated carbocycles. The predicted molar refractivity (Wildman–Crippen MR) is 95.6 cm³/mol. The molecule has 0 amide bonds. The molecule has 0 unspecified atom stereocenters. The molecule has 0 aliphatic rings. The minimum atomic E-state index is -0.263. The summed E-state index contributed by atoms with van der Waals surface area (Å²) in [7, 11) is 1.45.